The average molecular weight is 172 g/mol. The second-order valence-electron chi connectivity index (χ2n) is 2.29. The summed E-state index contributed by atoms with van der Waals surface area (Å²) < 4.78 is 4.96. The molecular formula is C8H4N4O. The smallest absolute Gasteiger partial charge is 0.247 e. The lowest BCUT2D eigenvalue weighted by Gasteiger charge is -1.92. The van der Waals surface area contributed by atoms with E-state index in [-0.39, 0.29) is 0 Å². The molecule has 62 valence electrons. The molecule has 0 bridgehead atoms. The molecule has 0 radical (unpaired) electrons. The first-order chi connectivity index (χ1) is 6.40. The summed E-state index contributed by atoms with van der Waals surface area (Å²) in [6.07, 6.45) is 2.76. The molecule has 0 aliphatic heterocycles. The molecule has 2 aromatic rings. The maximum Gasteiger partial charge on any atom is 0.247 e. The van der Waals surface area contributed by atoms with Crippen molar-refractivity contribution in [1.29, 1.82) is 5.26 Å². The van der Waals surface area contributed by atoms with Crippen LogP contribution in [0.2, 0.25) is 0 Å². The Morgan fingerprint density at radius 3 is 3.08 bits per heavy atom. The number of aromatic nitrogens is 3. The number of rotatable bonds is 1. The zero-order valence-corrected chi connectivity index (χ0v) is 6.51. The summed E-state index contributed by atoms with van der Waals surface area (Å²) in [6.45, 7) is 0. The van der Waals surface area contributed by atoms with Crippen LogP contribution in [0.25, 0.3) is 11.5 Å². The van der Waals surface area contributed by atoms with Gasteiger partial charge in [0.1, 0.15) is 11.8 Å². The highest BCUT2D eigenvalue weighted by atomic mass is 16.4. The van der Waals surface area contributed by atoms with Gasteiger partial charge in [0.25, 0.3) is 0 Å². The molecule has 0 aliphatic carbocycles. The summed E-state index contributed by atoms with van der Waals surface area (Å²) in [5.41, 5.74) is 1.03. The average Bonchev–Trinajstić information content (AvgIpc) is 2.71. The number of hydrogen-bond acceptors (Lipinski definition) is 5. The SMILES string of the molecule is N#Cc1cc(-c2nnco2)ccn1. The Morgan fingerprint density at radius 2 is 2.38 bits per heavy atom. The summed E-state index contributed by atoms with van der Waals surface area (Å²) in [5, 5.41) is 15.8. The van der Waals surface area contributed by atoms with E-state index in [1.165, 1.54) is 12.6 Å². The maximum atomic E-state index is 8.58. The Hall–Kier alpha value is -2.22. The third kappa shape index (κ3) is 1.37. The minimum Gasteiger partial charge on any atom is -0.423 e. The molecule has 0 aromatic carbocycles. The van der Waals surface area contributed by atoms with E-state index in [1.807, 2.05) is 6.07 Å². The minimum atomic E-state index is 0.329. The van der Waals surface area contributed by atoms with Crippen LogP contribution in [0.4, 0.5) is 0 Å². The number of hydrogen-bond donors (Lipinski definition) is 0. The van der Waals surface area contributed by atoms with Crippen molar-refractivity contribution in [3.05, 3.63) is 30.4 Å². The molecule has 13 heavy (non-hydrogen) atoms. The second kappa shape index (κ2) is 3.03. The topological polar surface area (TPSA) is 75.6 Å². The van der Waals surface area contributed by atoms with Gasteiger partial charge in [-0.1, -0.05) is 0 Å². The number of nitriles is 1. The zero-order chi connectivity index (χ0) is 9.10. The first kappa shape index (κ1) is 7.43. The van der Waals surface area contributed by atoms with Crippen molar-refractivity contribution in [2.75, 3.05) is 0 Å². The maximum absolute atomic E-state index is 8.58. The molecule has 0 fully saturated rings. The Bertz CT molecular complexity index is 443. The summed E-state index contributed by atoms with van der Waals surface area (Å²) in [5.74, 6) is 0.388. The molecule has 0 spiro atoms. The molecular weight excluding hydrogens is 168 g/mol. The molecule has 2 heterocycles. The zero-order valence-electron chi connectivity index (χ0n) is 6.51. The molecule has 2 aromatic heterocycles. The van der Waals surface area contributed by atoms with Crippen LogP contribution >= 0.6 is 0 Å². The van der Waals surface area contributed by atoms with Crippen LogP contribution < -0.4 is 0 Å². The summed E-state index contributed by atoms with van der Waals surface area (Å²) >= 11 is 0. The molecule has 0 aliphatic rings. The lowest BCUT2D eigenvalue weighted by Crippen LogP contribution is -1.83. The van der Waals surface area contributed by atoms with Gasteiger partial charge in [-0.3, -0.25) is 0 Å². The van der Waals surface area contributed by atoms with E-state index in [4.69, 9.17) is 9.68 Å². The van der Waals surface area contributed by atoms with E-state index in [2.05, 4.69) is 15.2 Å². The third-order valence-corrected chi connectivity index (χ3v) is 1.48. The number of nitrogens with zero attached hydrogens (tertiary/aromatic N) is 4. The van der Waals surface area contributed by atoms with Gasteiger partial charge in [0.2, 0.25) is 12.3 Å². The van der Waals surface area contributed by atoms with Gasteiger partial charge in [0.15, 0.2) is 0 Å². The first-order valence-corrected chi connectivity index (χ1v) is 3.53. The normalized spacial score (nSPS) is 9.46. The van der Waals surface area contributed by atoms with Gasteiger partial charge in [-0.2, -0.15) is 5.26 Å². The van der Waals surface area contributed by atoms with Crippen LogP contribution in [0.5, 0.6) is 0 Å². The Labute approximate surface area is 73.7 Å². The van der Waals surface area contributed by atoms with Crippen molar-refractivity contribution in [2.45, 2.75) is 0 Å². The van der Waals surface area contributed by atoms with Crippen molar-refractivity contribution in [3.8, 4) is 17.5 Å². The van der Waals surface area contributed by atoms with E-state index in [0.717, 1.165) is 0 Å². The molecule has 0 atom stereocenters. The second-order valence-corrected chi connectivity index (χ2v) is 2.29. The van der Waals surface area contributed by atoms with Crippen molar-refractivity contribution in [3.63, 3.8) is 0 Å². The van der Waals surface area contributed by atoms with Gasteiger partial charge >= 0.3 is 0 Å². The van der Waals surface area contributed by atoms with Crippen molar-refractivity contribution >= 4 is 0 Å². The predicted octanol–water partition coefficient (Wildman–Crippen LogP) is 1.00. The molecule has 0 amide bonds. The predicted molar refractivity (Wildman–Crippen MR) is 42.2 cm³/mol. The van der Waals surface area contributed by atoms with E-state index >= 15 is 0 Å². The summed E-state index contributed by atoms with van der Waals surface area (Å²) in [7, 11) is 0. The molecule has 0 unspecified atom stereocenters. The van der Waals surface area contributed by atoms with Crippen LogP contribution in [-0.2, 0) is 0 Å². The van der Waals surface area contributed by atoms with Gasteiger partial charge in [-0.15, -0.1) is 10.2 Å². The molecule has 0 saturated carbocycles. The molecule has 2 rings (SSSR count). The van der Waals surface area contributed by atoms with E-state index in [9.17, 15) is 0 Å². The fourth-order valence-electron chi connectivity index (χ4n) is 0.924. The highest BCUT2D eigenvalue weighted by molar-refractivity contribution is 5.53. The van der Waals surface area contributed by atoms with Crippen LogP contribution in [0, 0.1) is 11.3 Å². The lowest BCUT2D eigenvalue weighted by atomic mass is 10.2. The standard InChI is InChI=1S/C8H4N4O/c9-4-7-3-6(1-2-10-7)8-12-11-5-13-8/h1-3,5H. The fraction of sp³-hybridized carbons (Fsp3) is 0. The van der Waals surface area contributed by atoms with Gasteiger partial charge in [0.05, 0.1) is 0 Å². The van der Waals surface area contributed by atoms with E-state index in [1.54, 1.807) is 12.1 Å². The fourth-order valence-corrected chi connectivity index (χ4v) is 0.924. The van der Waals surface area contributed by atoms with E-state index < -0.39 is 0 Å². The van der Waals surface area contributed by atoms with Gasteiger partial charge in [-0.05, 0) is 12.1 Å². The van der Waals surface area contributed by atoms with E-state index in [0.29, 0.717) is 17.1 Å². The highest BCUT2D eigenvalue weighted by Crippen LogP contribution is 2.15. The van der Waals surface area contributed by atoms with Gasteiger partial charge in [-0.25, -0.2) is 4.98 Å². The Balaban J connectivity index is 2.49. The third-order valence-electron chi connectivity index (χ3n) is 1.48. The quantitative estimate of drug-likeness (QED) is 0.641. The summed E-state index contributed by atoms with van der Waals surface area (Å²) in [6, 6.07) is 5.22. The highest BCUT2D eigenvalue weighted by Gasteiger charge is 2.03. The lowest BCUT2D eigenvalue weighted by molar-refractivity contribution is 0.568. The van der Waals surface area contributed by atoms with Crippen LogP contribution in [0.15, 0.2) is 29.1 Å². The molecule has 5 nitrogen and oxygen atoms in total. The van der Waals surface area contributed by atoms with Gasteiger partial charge in [0, 0.05) is 11.8 Å². The van der Waals surface area contributed by atoms with Crippen molar-refractivity contribution in [2.24, 2.45) is 0 Å². The van der Waals surface area contributed by atoms with Crippen LogP contribution in [0.3, 0.4) is 0 Å². The largest absolute Gasteiger partial charge is 0.423 e. The van der Waals surface area contributed by atoms with Crippen LogP contribution in [-0.4, -0.2) is 15.2 Å². The molecule has 0 N–H and O–H groups in total. The van der Waals surface area contributed by atoms with Gasteiger partial charge < -0.3 is 4.42 Å². The molecule has 0 saturated heterocycles. The minimum absolute atomic E-state index is 0.329. The first-order valence-electron chi connectivity index (χ1n) is 3.53. The Morgan fingerprint density at radius 1 is 1.46 bits per heavy atom. The monoisotopic (exact) mass is 172 g/mol. The van der Waals surface area contributed by atoms with Crippen molar-refractivity contribution < 1.29 is 4.42 Å². The number of pyridine rings is 1. The molecule has 5 heteroatoms. The Kier molecular flexibility index (Phi) is 1.73. The van der Waals surface area contributed by atoms with Crippen LogP contribution in [0.1, 0.15) is 5.69 Å². The summed E-state index contributed by atoms with van der Waals surface area (Å²) in [4.78, 5) is 3.82. The van der Waals surface area contributed by atoms with Crippen molar-refractivity contribution in [1.82, 2.24) is 15.2 Å².